The fourth-order valence-corrected chi connectivity index (χ4v) is 5.99. The molecular formula is C29H45N5O4. The standard InChI is InChI=1S/C29H45N5O4/c1-20(2)17-25-27(36)31-24-10-16-38-19-23(24)7-5-6-11-29(28(37)32-25)12-14-34(15-13-29)26(35)9-8-22-18-30-33(4)21(22)3/h5-6,18,20,23-25H,7-17,19H2,1-4H3,(H,31,36)(H,32,37)/b6-5+/t23-,24+,25-/m0/s1. The number of likely N-dealkylation sites (tertiary alicyclic amines) is 1. The van der Waals surface area contributed by atoms with Crippen LogP contribution >= 0.6 is 0 Å². The Labute approximate surface area is 226 Å². The zero-order valence-electron chi connectivity index (χ0n) is 23.5. The summed E-state index contributed by atoms with van der Waals surface area (Å²) in [5.41, 5.74) is 1.56. The molecular weight excluding hydrogens is 482 g/mol. The number of piperidine rings is 1. The summed E-state index contributed by atoms with van der Waals surface area (Å²) in [4.78, 5) is 42.1. The Morgan fingerprint density at radius 2 is 1.97 bits per heavy atom. The molecule has 2 N–H and O–H groups in total. The van der Waals surface area contributed by atoms with Crippen molar-refractivity contribution >= 4 is 17.7 Å². The van der Waals surface area contributed by atoms with Crippen molar-refractivity contribution in [3.8, 4) is 0 Å². The molecule has 4 heterocycles. The topological polar surface area (TPSA) is 106 Å². The molecule has 0 unspecified atom stereocenters. The lowest BCUT2D eigenvalue weighted by Gasteiger charge is -2.41. The number of hydrogen-bond donors (Lipinski definition) is 2. The number of nitrogens with zero attached hydrogens (tertiary/aromatic N) is 3. The first-order valence-corrected chi connectivity index (χ1v) is 14.3. The van der Waals surface area contributed by atoms with Crippen molar-refractivity contribution in [2.75, 3.05) is 26.3 Å². The van der Waals surface area contributed by atoms with Crippen molar-refractivity contribution in [3.63, 3.8) is 0 Å². The summed E-state index contributed by atoms with van der Waals surface area (Å²) in [6.07, 6.45) is 11.2. The summed E-state index contributed by atoms with van der Waals surface area (Å²) >= 11 is 0. The minimum absolute atomic E-state index is 0.0607. The SMILES string of the molecule is Cc1c(CCC(=O)N2CCC3(C/C=C/C[C@H]4COCC[C@H]4NC(=O)[C@H](CC(C)C)NC3=O)CC2)cnn1C. The van der Waals surface area contributed by atoms with Crippen LogP contribution in [0.25, 0.3) is 0 Å². The third kappa shape index (κ3) is 6.65. The molecule has 3 atom stereocenters. The van der Waals surface area contributed by atoms with Gasteiger partial charge in [-0.05, 0) is 63.4 Å². The molecule has 1 aromatic rings. The average molecular weight is 528 g/mol. The van der Waals surface area contributed by atoms with Crippen LogP contribution in [0, 0.1) is 24.2 Å². The van der Waals surface area contributed by atoms with Gasteiger partial charge in [-0.3, -0.25) is 19.1 Å². The zero-order chi connectivity index (χ0) is 27.3. The van der Waals surface area contributed by atoms with Crippen LogP contribution in [0.1, 0.15) is 70.1 Å². The van der Waals surface area contributed by atoms with Crippen molar-refractivity contribution in [1.29, 1.82) is 0 Å². The molecule has 0 aromatic carbocycles. The van der Waals surface area contributed by atoms with E-state index in [1.54, 1.807) is 0 Å². The minimum Gasteiger partial charge on any atom is -0.381 e. The fourth-order valence-electron chi connectivity index (χ4n) is 5.99. The molecule has 3 aliphatic heterocycles. The largest absolute Gasteiger partial charge is 0.381 e. The highest BCUT2D eigenvalue weighted by Crippen LogP contribution is 2.37. The summed E-state index contributed by atoms with van der Waals surface area (Å²) in [6, 6.07) is -0.501. The molecule has 1 spiro atoms. The van der Waals surface area contributed by atoms with Gasteiger partial charge >= 0.3 is 0 Å². The number of allylic oxidation sites excluding steroid dienone is 2. The second-order valence-electron chi connectivity index (χ2n) is 11.8. The number of carbonyl (C=O) groups excluding carboxylic acids is 3. The molecule has 2 saturated heterocycles. The van der Waals surface area contributed by atoms with Crippen LogP contribution in [0.4, 0.5) is 0 Å². The van der Waals surface area contributed by atoms with Crippen molar-refractivity contribution < 1.29 is 19.1 Å². The Balaban J connectivity index is 1.45. The molecule has 0 radical (unpaired) electrons. The molecule has 9 nitrogen and oxygen atoms in total. The van der Waals surface area contributed by atoms with E-state index in [1.165, 1.54) is 0 Å². The highest BCUT2D eigenvalue weighted by molar-refractivity contribution is 5.90. The first-order chi connectivity index (χ1) is 18.2. The number of rotatable bonds is 5. The number of fused-ring (bicyclic) bond motifs is 1. The van der Waals surface area contributed by atoms with Gasteiger partial charge in [0.15, 0.2) is 0 Å². The summed E-state index contributed by atoms with van der Waals surface area (Å²) in [5.74, 6) is 0.459. The first-order valence-electron chi connectivity index (χ1n) is 14.3. The van der Waals surface area contributed by atoms with Crippen LogP contribution in [-0.2, 0) is 32.6 Å². The van der Waals surface area contributed by atoms with Crippen LogP contribution in [0.2, 0.25) is 0 Å². The summed E-state index contributed by atoms with van der Waals surface area (Å²) in [5, 5.41) is 10.6. The van der Waals surface area contributed by atoms with E-state index in [2.05, 4.69) is 41.7 Å². The van der Waals surface area contributed by atoms with Crippen molar-refractivity contribution in [2.24, 2.45) is 24.3 Å². The number of ether oxygens (including phenoxy) is 1. The number of amides is 3. The molecule has 38 heavy (non-hydrogen) atoms. The molecule has 210 valence electrons. The van der Waals surface area contributed by atoms with Gasteiger partial charge in [0.05, 0.1) is 18.2 Å². The summed E-state index contributed by atoms with van der Waals surface area (Å²) in [7, 11) is 1.91. The van der Waals surface area contributed by atoms with Crippen molar-refractivity contribution in [3.05, 3.63) is 29.6 Å². The first kappa shape index (κ1) is 28.3. The van der Waals surface area contributed by atoms with Gasteiger partial charge in [0.1, 0.15) is 6.04 Å². The van der Waals surface area contributed by atoms with Crippen LogP contribution in [0.3, 0.4) is 0 Å². The Morgan fingerprint density at radius 3 is 2.66 bits per heavy atom. The predicted molar refractivity (Wildman–Crippen MR) is 145 cm³/mol. The summed E-state index contributed by atoms with van der Waals surface area (Å²) in [6.45, 7) is 8.54. The lowest BCUT2D eigenvalue weighted by molar-refractivity contribution is -0.142. The Bertz CT molecular complexity index is 1020. The Morgan fingerprint density at radius 1 is 1.21 bits per heavy atom. The van der Waals surface area contributed by atoms with E-state index in [4.69, 9.17) is 4.74 Å². The Kier molecular flexibility index (Phi) is 9.28. The van der Waals surface area contributed by atoms with E-state index in [0.717, 1.165) is 24.1 Å². The molecule has 2 fully saturated rings. The number of nitrogens with one attached hydrogen (secondary N) is 2. The van der Waals surface area contributed by atoms with E-state index in [0.29, 0.717) is 64.8 Å². The highest BCUT2D eigenvalue weighted by Gasteiger charge is 2.43. The van der Waals surface area contributed by atoms with E-state index in [1.807, 2.05) is 29.7 Å². The van der Waals surface area contributed by atoms with Gasteiger partial charge < -0.3 is 20.3 Å². The molecule has 0 bridgehead atoms. The van der Waals surface area contributed by atoms with Gasteiger partial charge in [-0.25, -0.2) is 0 Å². The van der Waals surface area contributed by atoms with Crippen molar-refractivity contribution in [1.82, 2.24) is 25.3 Å². The lowest BCUT2D eigenvalue weighted by atomic mass is 9.74. The quantitative estimate of drug-likeness (QED) is 0.573. The normalized spacial score (nSPS) is 27.2. The molecule has 3 aliphatic rings. The smallest absolute Gasteiger partial charge is 0.242 e. The zero-order valence-corrected chi connectivity index (χ0v) is 23.5. The van der Waals surface area contributed by atoms with Gasteiger partial charge in [0.25, 0.3) is 0 Å². The molecule has 1 aromatic heterocycles. The summed E-state index contributed by atoms with van der Waals surface area (Å²) < 4.78 is 7.54. The Hall–Kier alpha value is -2.68. The molecule has 0 saturated carbocycles. The maximum atomic E-state index is 13.8. The molecule has 4 rings (SSSR count). The monoisotopic (exact) mass is 527 g/mol. The number of aryl methyl sites for hydroxylation is 2. The minimum atomic E-state index is -0.621. The number of aromatic nitrogens is 2. The van der Waals surface area contributed by atoms with Crippen LogP contribution < -0.4 is 10.6 Å². The van der Waals surface area contributed by atoms with E-state index < -0.39 is 11.5 Å². The average Bonchev–Trinajstić information content (AvgIpc) is 3.22. The van der Waals surface area contributed by atoms with Crippen LogP contribution in [0.15, 0.2) is 18.3 Å². The van der Waals surface area contributed by atoms with Gasteiger partial charge in [-0.2, -0.15) is 5.10 Å². The predicted octanol–water partition coefficient (Wildman–Crippen LogP) is 2.67. The molecule has 0 aliphatic carbocycles. The van der Waals surface area contributed by atoms with Crippen molar-refractivity contribution in [2.45, 2.75) is 84.2 Å². The fraction of sp³-hybridized carbons (Fsp3) is 0.724. The van der Waals surface area contributed by atoms with Crippen LogP contribution in [0.5, 0.6) is 0 Å². The maximum absolute atomic E-state index is 13.8. The third-order valence-corrected chi connectivity index (χ3v) is 8.74. The van der Waals surface area contributed by atoms with Crippen LogP contribution in [-0.4, -0.2) is 70.8 Å². The van der Waals surface area contributed by atoms with Gasteiger partial charge in [-0.15, -0.1) is 0 Å². The number of carbonyl (C=O) groups is 3. The molecule has 3 amide bonds. The van der Waals surface area contributed by atoms with E-state index in [9.17, 15) is 14.4 Å². The third-order valence-electron chi connectivity index (χ3n) is 8.74. The van der Waals surface area contributed by atoms with Gasteiger partial charge in [0, 0.05) is 50.8 Å². The van der Waals surface area contributed by atoms with Gasteiger partial charge in [0.2, 0.25) is 17.7 Å². The van der Waals surface area contributed by atoms with Gasteiger partial charge in [-0.1, -0.05) is 26.0 Å². The second kappa shape index (κ2) is 12.5. The van der Waals surface area contributed by atoms with E-state index >= 15 is 0 Å². The molecule has 9 heteroatoms. The van der Waals surface area contributed by atoms with E-state index in [-0.39, 0.29) is 35.6 Å². The highest BCUT2D eigenvalue weighted by atomic mass is 16.5. The number of hydrogen-bond acceptors (Lipinski definition) is 5. The lowest BCUT2D eigenvalue weighted by Crippen LogP contribution is -2.57. The second-order valence-corrected chi connectivity index (χ2v) is 11.8. The maximum Gasteiger partial charge on any atom is 0.242 e.